The maximum absolute atomic E-state index is 11.9. The number of carbonyl (C=O) groups excluding carboxylic acids is 1. The quantitative estimate of drug-likeness (QED) is 0.890. The maximum atomic E-state index is 11.9. The highest BCUT2D eigenvalue weighted by Gasteiger charge is 2.09. The zero-order valence-corrected chi connectivity index (χ0v) is 13.1. The third kappa shape index (κ3) is 3.95. The summed E-state index contributed by atoms with van der Waals surface area (Å²) in [4.78, 5) is 12.9. The van der Waals surface area contributed by atoms with E-state index in [0.29, 0.717) is 23.7 Å². The van der Waals surface area contributed by atoms with E-state index in [2.05, 4.69) is 9.69 Å². The van der Waals surface area contributed by atoms with Crippen LogP contribution in [0, 0.1) is 6.92 Å². The summed E-state index contributed by atoms with van der Waals surface area (Å²) < 4.78 is 14.5. The second-order valence-electron chi connectivity index (χ2n) is 4.52. The molecular weight excluding hydrogens is 288 g/mol. The third-order valence-corrected chi connectivity index (χ3v) is 3.70. The molecule has 6 heteroatoms. The van der Waals surface area contributed by atoms with E-state index in [1.165, 1.54) is 11.5 Å². The molecule has 2 rings (SSSR count). The summed E-state index contributed by atoms with van der Waals surface area (Å²) in [5.41, 5.74) is 1.55. The lowest BCUT2D eigenvalue weighted by Crippen LogP contribution is -2.25. The van der Waals surface area contributed by atoms with Crippen molar-refractivity contribution < 1.29 is 14.3 Å². The van der Waals surface area contributed by atoms with Gasteiger partial charge < -0.3 is 14.8 Å². The zero-order valence-electron chi connectivity index (χ0n) is 12.3. The van der Waals surface area contributed by atoms with Crippen molar-refractivity contribution in [1.29, 1.82) is 0 Å². The van der Waals surface area contributed by atoms with Crippen molar-refractivity contribution in [3.05, 3.63) is 40.4 Å². The molecule has 0 aliphatic rings. The average molecular weight is 306 g/mol. The predicted molar refractivity (Wildman–Crippen MR) is 82.4 cm³/mol. The molecule has 0 bridgehead atoms. The second kappa shape index (κ2) is 7.08. The molecule has 0 fully saturated rings. The number of rotatable bonds is 6. The largest absolute Gasteiger partial charge is 0.493 e. The summed E-state index contributed by atoms with van der Waals surface area (Å²) in [6, 6.07) is 7.52. The number of aromatic nitrogens is 1. The number of nitrogens with one attached hydrogen (secondary N) is 1. The molecule has 21 heavy (non-hydrogen) atoms. The Morgan fingerprint density at radius 2 is 2.00 bits per heavy atom. The molecule has 0 atom stereocenters. The van der Waals surface area contributed by atoms with Gasteiger partial charge in [0, 0.05) is 11.4 Å². The van der Waals surface area contributed by atoms with Gasteiger partial charge in [-0.1, -0.05) is 6.07 Å². The van der Waals surface area contributed by atoms with Crippen LogP contribution in [0.25, 0.3) is 0 Å². The zero-order chi connectivity index (χ0) is 15.2. The van der Waals surface area contributed by atoms with E-state index >= 15 is 0 Å². The summed E-state index contributed by atoms with van der Waals surface area (Å²) in [6.45, 7) is 2.48. The van der Waals surface area contributed by atoms with E-state index in [-0.39, 0.29) is 5.91 Å². The van der Waals surface area contributed by atoms with Crippen LogP contribution in [-0.4, -0.2) is 31.0 Å². The highest BCUT2D eigenvalue weighted by Crippen LogP contribution is 2.27. The van der Waals surface area contributed by atoms with Crippen LogP contribution in [0.3, 0.4) is 0 Å². The number of aryl methyl sites for hydroxylation is 1. The minimum Gasteiger partial charge on any atom is -0.493 e. The van der Waals surface area contributed by atoms with Crippen molar-refractivity contribution in [3.63, 3.8) is 0 Å². The molecule has 0 aliphatic carbocycles. The lowest BCUT2D eigenvalue weighted by molar-refractivity contribution is 0.0950. The lowest BCUT2D eigenvalue weighted by Gasteiger charge is -2.09. The second-order valence-corrected chi connectivity index (χ2v) is 5.53. The summed E-state index contributed by atoms with van der Waals surface area (Å²) in [6.07, 6.45) is 0.717. The number of methoxy groups -OCH3 is 2. The highest BCUT2D eigenvalue weighted by molar-refractivity contribution is 7.05. The van der Waals surface area contributed by atoms with Gasteiger partial charge in [-0.15, -0.1) is 0 Å². The molecule has 5 nitrogen and oxygen atoms in total. The lowest BCUT2D eigenvalue weighted by atomic mass is 10.1. The van der Waals surface area contributed by atoms with E-state index in [1.54, 1.807) is 20.3 Å². The molecule has 2 aromatic rings. The molecule has 0 spiro atoms. The van der Waals surface area contributed by atoms with Crippen molar-refractivity contribution in [2.24, 2.45) is 0 Å². The van der Waals surface area contributed by atoms with Crippen LogP contribution in [0.5, 0.6) is 11.5 Å². The Balaban J connectivity index is 1.90. The van der Waals surface area contributed by atoms with E-state index in [0.717, 1.165) is 16.9 Å². The highest BCUT2D eigenvalue weighted by atomic mass is 32.1. The molecule has 0 aliphatic heterocycles. The first-order valence-electron chi connectivity index (χ1n) is 6.56. The Hall–Kier alpha value is -2.08. The number of hydrogen-bond donors (Lipinski definition) is 1. The number of amides is 1. The fourth-order valence-electron chi connectivity index (χ4n) is 1.92. The SMILES string of the molecule is COc1ccc(CCNC(=O)c2cc(C)sn2)cc1OC. The van der Waals surface area contributed by atoms with Crippen LogP contribution in [-0.2, 0) is 6.42 Å². The molecule has 0 radical (unpaired) electrons. The van der Waals surface area contributed by atoms with Crippen LogP contribution in [0.2, 0.25) is 0 Å². The smallest absolute Gasteiger partial charge is 0.271 e. The molecule has 0 saturated heterocycles. The van der Waals surface area contributed by atoms with E-state index < -0.39 is 0 Å². The van der Waals surface area contributed by atoms with Gasteiger partial charge in [0.05, 0.1) is 14.2 Å². The maximum Gasteiger partial charge on any atom is 0.271 e. The molecular formula is C15H18N2O3S. The van der Waals surface area contributed by atoms with Crippen molar-refractivity contribution >= 4 is 17.4 Å². The molecule has 1 aromatic heterocycles. The Morgan fingerprint density at radius 1 is 1.24 bits per heavy atom. The average Bonchev–Trinajstić information content (AvgIpc) is 2.93. The van der Waals surface area contributed by atoms with Crippen LogP contribution >= 0.6 is 11.5 Å². The van der Waals surface area contributed by atoms with Crippen molar-refractivity contribution in [2.45, 2.75) is 13.3 Å². The minimum absolute atomic E-state index is 0.139. The number of ether oxygens (including phenoxy) is 2. The summed E-state index contributed by atoms with van der Waals surface area (Å²) in [5, 5.41) is 2.86. The molecule has 1 N–H and O–H groups in total. The number of hydrogen-bond acceptors (Lipinski definition) is 5. The fraction of sp³-hybridized carbons (Fsp3) is 0.333. The molecule has 112 valence electrons. The van der Waals surface area contributed by atoms with Crippen LogP contribution in [0.1, 0.15) is 20.9 Å². The first kappa shape index (κ1) is 15.3. The Kier molecular flexibility index (Phi) is 5.16. The normalized spacial score (nSPS) is 10.2. The molecule has 1 heterocycles. The fourth-order valence-corrected chi connectivity index (χ4v) is 2.46. The van der Waals surface area contributed by atoms with Gasteiger partial charge in [0.25, 0.3) is 5.91 Å². The topological polar surface area (TPSA) is 60.5 Å². The molecule has 0 saturated carbocycles. The van der Waals surface area contributed by atoms with Crippen LogP contribution in [0.4, 0.5) is 0 Å². The van der Waals surface area contributed by atoms with Crippen molar-refractivity contribution in [1.82, 2.24) is 9.69 Å². The molecule has 1 aromatic carbocycles. The van der Waals surface area contributed by atoms with Crippen molar-refractivity contribution in [2.75, 3.05) is 20.8 Å². The van der Waals surface area contributed by atoms with Gasteiger partial charge in [-0.25, -0.2) is 0 Å². The number of carbonyl (C=O) groups is 1. The Labute approximate surface area is 128 Å². The van der Waals surface area contributed by atoms with Crippen molar-refractivity contribution in [3.8, 4) is 11.5 Å². The first-order chi connectivity index (χ1) is 10.1. The van der Waals surface area contributed by atoms with Crippen LogP contribution in [0.15, 0.2) is 24.3 Å². The van der Waals surface area contributed by atoms with Gasteiger partial charge in [0.2, 0.25) is 0 Å². The third-order valence-electron chi connectivity index (χ3n) is 3.01. The van der Waals surface area contributed by atoms with Crippen LogP contribution < -0.4 is 14.8 Å². The van der Waals surface area contributed by atoms with E-state index in [9.17, 15) is 4.79 Å². The van der Waals surface area contributed by atoms with Gasteiger partial charge in [-0.2, -0.15) is 4.37 Å². The van der Waals surface area contributed by atoms with E-state index in [1.807, 2.05) is 25.1 Å². The summed E-state index contributed by atoms with van der Waals surface area (Å²) in [5.74, 6) is 1.25. The number of nitrogens with zero attached hydrogens (tertiary/aromatic N) is 1. The summed E-state index contributed by atoms with van der Waals surface area (Å²) in [7, 11) is 3.21. The van der Waals surface area contributed by atoms with Gasteiger partial charge in [-0.3, -0.25) is 4.79 Å². The van der Waals surface area contributed by atoms with Gasteiger partial charge >= 0.3 is 0 Å². The first-order valence-corrected chi connectivity index (χ1v) is 7.34. The van der Waals surface area contributed by atoms with Gasteiger partial charge in [-0.05, 0) is 48.6 Å². The minimum atomic E-state index is -0.139. The Bertz CT molecular complexity index is 625. The molecule has 1 amide bonds. The predicted octanol–water partition coefficient (Wildman–Crippen LogP) is 2.44. The standard InChI is InChI=1S/C15H18N2O3S/c1-10-8-12(17-21-10)15(18)16-7-6-11-4-5-13(19-2)14(9-11)20-3/h4-5,8-9H,6-7H2,1-3H3,(H,16,18). The Morgan fingerprint density at radius 3 is 2.62 bits per heavy atom. The molecule has 0 unspecified atom stereocenters. The summed E-state index contributed by atoms with van der Waals surface area (Å²) >= 11 is 1.33. The van der Waals surface area contributed by atoms with Gasteiger partial charge in [0.15, 0.2) is 11.5 Å². The number of benzene rings is 1. The van der Waals surface area contributed by atoms with E-state index in [4.69, 9.17) is 9.47 Å². The van der Waals surface area contributed by atoms with Gasteiger partial charge in [0.1, 0.15) is 5.69 Å². The monoisotopic (exact) mass is 306 g/mol.